The van der Waals surface area contributed by atoms with Gasteiger partial charge in [-0.15, -0.1) is 0 Å². The Morgan fingerprint density at radius 2 is 2.07 bits per heavy atom. The molecule has 0 aliphatic heterocycles. The van der Waals surface area contributed by atoms with Gasteiger partial charge in [-0.2, -0.15) is 0 Å². The van der Waals surface area contributed by atoms with Gasteiger partial charge in [0.2, 0.25) is 0 Å². The monoisotopic (exact) mass is 192 g/mol. The van der Waals surface area contributed by atoms with E-state index in [0.717, 1.165) is 24.0 Å². The number of hydrogen-bond donors (Lipinski definition) is 0. The fourth-order valence-corrected chi connectivity index (χ4v) is 1.65. The predicted molar refractivity (Wildman–Crippen MR) is 56.0 cm³/mol. The fourth-order valence-electron chi connectivity index (χ4n) is 1.65. The van der Waals surface area contributed by atoms with E-state index in [4.69, 9.17) is 0 Å². The zero-order valence-electron chi connectivity index (χ0n) is 8.80. The van der Waals surface area contributed by atoms with Crippen molar-refractivity contribution in [3.63, 3.8) is 0 Å². The summed E-state index contributed by atoms with van der Waals surface area (Å²) < 4.78 is 0. The molecule has 1 aliphatic rings. The molecule has 0 amide bonds. The van der Waals surface area contributed by atoms with Crippen molar-refractivity contribution in [1.82, 2.24) is 0 Å². The van der Waals surface area contributed by atoms with Gasteiger partial charge in [0.1, 0.15) is 0 Å². The molecule has 0 unspecified atom stereocenters. The summed E-state index contributed by atoms with van der Waals surface area (Å²) in [7, 11) is 0. The van der Waals surface area contributed by atoms with Crippen LogP contribution < -0.4 is 0 Å². The van der Waals surface area contributed by atoms with E-state index in [1.165, 1.54) is 0 Å². The van der Waals surface area contributed by atoms with Crippen LogP contribution in [0.25, 0.3) is 0 Å². The Balaban J connectivity index is 2.77. The highest BCUT2D eigenvalue weighted by atomic mass is 16.1. The van der Waals surface area contributed by atoms with Gasteiger partial charge in [0.25, 0.3) is 0 Å². The van der Waals surface area contributed by atoms with Crippen LogP contribution in [0.2, 0.25) is 0 Å². The standard InChI is InChI=1S/C12H16O2/c1-3-10(13)7-5-9-6-8-12(14)11(9)4-2/h5,7H,3-4,6,8H2,1-2H3/b7-5+. The smallest absolute Gasteiger partial charge is 0.159 e. The molecule has 0 saturated heterocycles. The molecule has 0 heterocycles. The van der Waals surface area contributed by atoms with Crippen molar-refractivity contribution in [2.75, 3.05) is 0 Å². The zero-order valence-corrected chi connectivity index (χ0v) is 8.80. The highest BCUT2D eigenvalue weighted by molar-refractivity contribution is 5.99. The first-order valence-corrected chi connectivity index (χ1v) is 5.15. The quantitative estimate of drug-likeness (QED) is 0.641. The third-order valence-corrected chi connectivity index (χ3v) is 2.52. The van der Waals surface area contributed by atoms with Crippen LogP contribution in [0, 0.1) is 0 Å². The van der Waals surface area contributed by atoms with E-state index < -0.39 is 0 Å². The van der Waals surface area contributed by atoms with Crippen molar-refractivity contribution in [3.05, 3.63) is 23.3 Å². The molecule has 1 aliphatic carbocycles. The molecule has 0 aromatic heterocycles. The number of Topliss-reactive ketones (excluding diaryl/α,β-unsaturated/α-hetero) is 1. The summed E-state index contributed by atoms with van der Waals surface area (Å²) in [4.78, 5) is 22.4. The van der Waals surface area contributed by atoms with Gasteiger partial charge >= 0.3 is 0 Å². The summed E-state index contributed by atoms with van der Waals surface area (Å²) >= 11 is 0. The first kappa shape index (κ1) is 10.9. The second kappa shape index (κ2) is 4.89. The minimum absolute atomic E-state index is 0.118. The molecule has 1 rings (SSSR count). The molecule has 0 radical (unpaired) electrons. The van der Waals surface area contributed by atoms with Crippen LogP contribution in [0.5, 0.6) is 0 Å². The third-order valence-electron chi connectivity index (χ3n) is 2.52. The number of ketones is 2. The number of hydrogen-bond acceptors (Lipinski definition) is 2. The van der Waals surface area contributed by atoms with Crippen LogP contribution in [-0.2, 0) is 9.59 Å². The van der Waals surface area contributed by atoms with Gasteiger partial charge < -0.3 is 0 Å². The van der Waals surface area contributed by atoms with E-state index in [0.29, 0.717) is 12.8 Å². The fraction of sp³-hybridized carbons (Fsp3) is 0.500. The van der Waals surface area contributed by atoms with Crippen LogP contribution in [-0.4, -0.2) is 11.6 Å². The Hall–Kier alpha value is -1.18. The minimum Gasteiger partial charge on any atom is -0.295 e. The summed E-state index contributed by atoms with van der Waals surface area (Å²) in [6.45, 7) is 3.82. The van der Waals surface area contributed by atoms with Gasteiger partial charge in [0, 0.05) is 12.8 Å². The van der Waals surface area contributed by atoms with E-state index in [1.54, 1.807) is 6.08 Å². The first-order valence-electron chi connectivity index (χ1n) is 5.15. The molecule has 14 heavy (non-hydrogen) atoms. The minimum atomic E-state index is 0.118. The van der Waals surface area contributed by atoms with Gasteiger partial charge in [-0.3, -0.25) is 9.59 Å². The van der Waals surface area contributed by atoms with Gasteiger partial charge in [-0.1, -0.05) is 19.9 Å². The molecule has 0 fully saturated rings. The van der Waals surface area contributed by atoms with E-state index in [9.17, 15) is 9.59 Å². The molecule has 0 atom stereocenters. The van der Waals surface area contributed by atoms with Gasteiger partial charge in [-0.05, 0) is 30.1 Å². The Labute approximate surface area is 84.7 Å². The maximum atomic E-state index is 11.4. The molecule has 0 spiro atoms. The normalized spacial score (nSPS) is 17.1. The zero-order chi connectivity index (χ0) is 10.6. The van der Waals surface area contributed by atoms with Gasteiger partial charge in [-0.25, -0.2) is 0 Å². The van der Waals surface area contributed by atoms with Crippen LogP contribution in [0.4, 0.5) is 0 Å². The molecule has 0 N–H and O–H groups in total. The largest absolute Gasteiger partial charge is 0.295 e. The number of rotatable bonds is 4. The number of carbonyl (C=O) groups is 2. The highest BCUT2D eigenvalue weighted by Gasteiger charge is 2.19. The first-order chi connectivity index (χ1) is 6.69. The number of allylic oxidation sites excluding steroid dienone is 4. The van der Waals surface area contributed by atoms with E-state index in [-0.39, 0.29) is 11.6 Å². The lowest BCUT2D eigenvalue weighted by Crippen LogP contribution is -1.94. The van der Waals surface area contributed by atoms with Gasteiger partial charge in [0.05, 0.1) is 0 Å². The summed E-state index contributed by atoms with van der Waals surface area (Å²) in [5.74, 6) is 0.364. The SMILES string of the molecule is CCC(=O)/C=C/C1=C(CC)C(=O)CC1. The van der Waals surface area contributed by atoms with Crippen LogP contribution in [0.15, 0.2) is 23.3 Å². The van der Waals surface area contributed by atoms with Crippen molar-refractivity contribution in [3.8, 4) is 0 Å². The van der Waals surface area contributed by atoms with E-state index in [2.05, 4.69) is 0 Å². The predicted octanol–water partition coefficient (Wildman–Crippen LogP) is 2.59. The lowest BCUT2D eigenvalue weighted by molar-refractivity contribution is -0.115. The molecule has 0 bridgehead atoms. The van der Waals surface area contributed by atoms with Crippen molar-refractivity contribution >= 4 is 11.6 Å². The maximum Gasteiger partial charge on any atom is 0.159 e. The maximum absolute atomic E-state index is 11.4. The van der Waals surface area contributed by atoms with Crippen molar-refractivity contribution in [2.45, 2.75) is 39.5 Å². The average Bonchev–Trinajstić information content (AvgIpc) is 2.55. The Kier molecular flexibility index (Phi) is 3.81. The summed E-state index contributed by atoms with van der Waals surface area (Å²) in [6.07, 6.45) is 6.12. The second-order valence-electron chi connectivity index (χ2n) is 3.43. The summed E-state index contributed by atoms with van der Waals surface area (Å²) in [5.41, 5.74) is 1.96. The average molecular weight is 192 g/mol. The second-order valence-corrected chi connectivity index (χ2v) is 3.43. The summed E-state index contributed by atoms with van der Waals surface area (Å²) in [6, 6.07) is 0. The van der Waals surface area contributed by atoms with Crippen molar-refractivity contribution in [2.24, 2.45) is 0 Å². The van der Waals surface area contributed by atoms with Crippen molar-refractivity contribution < 1.29 is 9.59 Å². The molecule has 2 nitrogen and oxygen atoms in total. The van der Waals surface area contributed by atoms with Crippen molar-refractivity contribution in [1.29, 1.82) is 0 Å². The molecule has 2 heteroatoms. The lowest BCUT2D eigenvalue weighted by atomic mass is 10.1. The Morgan fingerprint density at radius 3 is 2.64 bits per heavy atom. The molecule has 76 valence electrons. The lowest BCUT2D eigenvalue weighted by Gasteiger charge is -1.96. The summed E-state index contributed by atoms with van der Waals surface area (Å²) in [5, 5.41) is 0. The topological polar surface area (TPSA) is 34.1 Å². The van der Waals surface area contributed by atoms with Crippen LogP contribution in [0.3, 0.4) is 0 Å². The van der Waals surface area contributed by atoms with Crippen LogP contribution in [0.1, 0.15) is 39.5 Å². The third kappa shape index (κ3) is 2.41. The Bertz CT molecular complexity index is 308. The molecular formula is C12H16O2. The highest BCUT2D eigenvalue weighted by Crippen LogP contribution is 2.25. The molecule has 0 aromatic rings. The Morgan fingerprint density at radius 1 is 1.36 bits per heavy atom. The van der Waals surface area contributed by atoms with Crippen LogP contribution >= 0.6 is 0 Å². The van der Waals surface area contributed by atoms with E-state index >= 15 is 0 Å². The van der Waals surface area contributed by atoms with Gasteiger partial charge in [0.15, 0.2) is 11.6 Å². The van der Waals surface area contributed by atoms with E-state index in [1.807, 2.05) is 19.9 Å². The molecule has 0 saturated carbocycles. The molecular weight excluding hydrogens is 176 g/mol. The number of carbonyl (C=O) groups excluding carboxylic acids is 2. The molecule has 0 aromatic carbocycles.